The normalized spacial score (nSPS) is 14.4. The van der Waals surface area contributed by atoms with Crippen LogP contribution in [-0.4, -0.2) is 50.6 Å². The van der Waals surface area contributed by atoms with Crippen LogP contribution in [0.4, 0.5) is 0 Å². The number of carbonyl (C=O) groups is 1. The van der Waals surface area contributed by atoms with E-state index in [-0.39, 0.29) is 11.9 Å². The molecule has 1 atom stereocenters. The Morgan fingerprint density at radius 2 is 1.88 bits per heavy atom. The standard InChI is InChI=1S/C25H34N4O3/c1-6-17(2)28-24(30)20-9-7-8-18(12-20)15-27-25(26-3)29-11-10-19-13-22(31-4)23(32-5)14-21(19)16-29/h7-9,12-14,17H,6,10-11,15-16H2,1-5H3,(H,26,27)(H,28,30). The summed E-state index contributed by atoms with van der Waals surface area (Å²) in [5.74, 6) is 2.30. The Hall–Kier alpha value is -3.22. The molecule has 7 nitrogen and oxygen atoms in total. The minimum atomic E-state index is -0.0393. The quantitative estimate of drug-likeness (QED) is 0.512. The molecule has 0 aromatic heterocycles. The number of rotatable bonds is 7. The Morgan fingerprint density at radius 1 is 1.16 bits per heavy atom. The van der Waals surface area contributed by atoms with E-state index < -0.39 is 0 Å². The fourth-order valence-corrected chi connectivity index (χ4v) is 3.81. The fourth-order valence-electron chi connectivity index (χ4n) is 3.81. The van der Waals surface area contributed by atoms with Crippen LogP contribution >= 0.6 is 0 Å². The van der Waals surface area contributed by atoms with Gasteiger partial charge < -0.3 is 25.0 Å². The predicted octanol–water partition coefficient (Wildman–Crippen LogP) is 3.37. The highest BCUT2D eigenvalue weighted by Crippen LogP contribution is 2.33. The maximum Gasteiger partial charge on any atom is 0.251 e. The van der Waals surface area contributed by atoms with Crippen LogP contribution in [0, 0.1) is 0 Å². The molecule has 1 aliphatic rings. The number of hydrogen-bond donors (Lipinski definition) is 2. The number of fused-ring (bicyclic) bond motifs is 1. The van der Waals surface area contributed by atoms with Gasteiger partial charge in [0.15, 0.2) is 17.5 Å². The summed E-state index contributed by atoms with van der Waals surface area (Å²) in [6, 6.07) is 12.0. The fraction of sp³-hybridized carbons (Fsp3) is 0.440. The van der Waals surface area contributed by atoms with Crippen molar-refractivity contribution in [3.63, 3.8) is 0 Å². The topological polar surface area (TPSA) is 75.2 Å². The second kappa shape index (κ2) is 10.9. The number of carbonyl (C=O) groups excluding carboxylic acids is 1. The van der Waals surface area contributed by atoms with Gasteiger partial charge in [-0.1, -0.05) is 19.1 Å². The summed E-state index contributed by atoms with van der Waals surface area (Å²) in [7, 11) is 5.11. The molecular formula is C25H34N4O3. The second-order valence-corrected chi connectivity index (χ2v) is 8.03. The van der Waals surface area contributed by atoms with Gasteiger partial charge in [0.2, 0.25) is 0 Å². The van der Waals surface area contributed by atoms with Gasteiger partial charge in [0.05, 0.1) is 14.2 Å². The first-order chi connectivity index (χ1) is 15.5. The molecule has 7 heteroatoms. The van der Waals surface area contributed by atoms with Gasteiger partial charge in [-0.15, -0.1) is 0 Å². The molecule has 0 aliphatic carbocycles. The number of aliphatic imine (C=N–C) groups is 1. The van der Waals surface area contributed by atoms with E-state index in [0.29, 0.717) is 12.1 Å². The van der Waals surface area contributed by atoms with E-state index in [1.165, 1.54) is 11.1 Å². The smallest absolute Gasteiger partial charge is 0.251 e. The number of guanidine groups is 1. The maximum absolute atomic E-state index is 12.4. The number of benzene rings is 2. The summed E-state index contributed by atoms with van der Waals surface area (Å²) in [6.45, 7) is 6.26. The van der Waals surface area contributed by atoms with Crippen LogP contribution in [0.15, 0.2) is 41.4 Å². The number of nitrogens with zero attached hydrogens (tertiary/aromatic N) is 2. The summed E-state index contributed by atoms with van der Waals surface area (Å²) < 4.78 is 10.9. The third kappa shape index (κ3) is 5.52. The van der Waals surface area contributed by atoms with Crippen LogP contribution in [0.3, 0.4) is 0 Å². The zero-order valence-corrected chi connectivity index (χ0v) is 19.7. The van der Waals surface area contributed by atoms with Gasteiger partial charge in [0.1, 0.15) is 0 Å². The average Bonchev–Trinajstić information content (AvgIpc) is 2.83. The van der Waals surface area contributed by atoms with Gasteiger partial charge in [-0.3, -0.25) is 9.79 Å². The Labute approximate surface area is 190 Å². The average molecular weight is 439 g/mol. The molecule has 2 N–H and O–H groups in total. The van der Waals surface area contributed by atoms with Gasteiger partial charge in [-0.2, -0.15) is 0 Å². The molecule has 3 rings (SSSR count). The minimum absolute atomic E-state index is 0.0393. The summed E-state index contributed by atoms with van der Waals surface area (Å²) in [6.07, 6.45) is 1.81. The van der Waals surface area contributed by atoms with Crippen LogP contribution in [0.5, 0.6) is 11.5 Å². The molecule has 2 aromatic rings. The van der Waals surface area contributed by atoms with Crippen molar-refractivity contribution in [3.8, 4) is 11.5 Å². The highest BCUT2D eigenvalue weighted by molar-refractivity contribution is 5.94. The van der Waals surface area contributed by atoms with Crippen molar-refractivity contribution in [2.45, 2.75) is 45.8 Å². The van der Waals surface area contributed by atoms with Crippen molar-refractivity contribution in [2.24, 2.45) is 4.99 Å². The van der Waals surface area contributed by atoms with Crippen molar-refractivity contribution >= 4 is 11.9 Å². The van der Waals surface area contributed by atoms with Crippen molar-refractivity contribution in [1.82, 2.24) is 15.5 Å². The molecule has 32 heavy (non-hydrogen) atoms. The molecule has 1 heterocycles. The van der Waals surface area contributed by atoms with E-state index in [1.807, 2.05) is 37.3 Å². The molecule has 1 aliphatic heterocycles. The van der Waals surface area contributed by atoms with Crippen LogP contribution in [0.25, 0.3) is 0 Å². The van der Waals surface area contributed by atoms with Crippen molar-refractivity contribution < 1.29 is 14.3 Å². The van der Waals surface area contributed by atoms with E-state index in [9.17, 15) is 4.79 Å². The lowest BCUT2D eigenvalue weighted by Gasteiger charge is -2.32. The molecule has 0 saturated carbocycles. The monoisotopic (exact) mass is 438 g/mol. The van der Waals surface area contributed by atoms with Crippen molar-refractivity contribution in [1.29, 1.82) is 0 Å². The Balaban J connectivity index is 1.66. The van der Waals surface area contributed by atoms with Crippen LogP contribution < -0.4 is 20.1 Å². The van der Waals surface area contributed by atoms with Gasteiger partial charge in [-0.25, -0.2) is 0 Å². The highest BCUT2D eigenvalue weighted by atomic mass is 16.5. The zero-order chi connectivity index (χ0) is 23.1. The molecule has 0 fully saturated rings. The molecule has 1 amide bonds. The number of ether oxygens (including phenoxy) is 2. The van der Waals surface area contributed by atoms with Crippen LogP contribution in [-0.2, 0) is 19.5 Å². The summed E-state index contributed by atoms with van der Waals surface area (Å²) in [4.78, 5) is 19.2. The Kier molecular flexibility index (Phi) is 7.98. The van der Waals surface area contributed by atoms with E-state index in [2.05, 4.69) is 33.5 Å². The molecular weight excluding hydrogens is 404 g/mol. The zero-order valence-electron chi connectivity index (χ0n) is 19.7. The number of amides is 1. The summed E-state index contributed by atoms with van der Waals surface area (Å²) >= 11 is 0. The van der Waals surface area contributed by atoms with E-state index in [1.54, 1.807) is 21.3 Å². The van der Waals surface area contributed by atoms with Crippen LogP contribution in [0.1, 0.15) is 47.3 Å². The first-order valence-corrected chi connectivity index (χ1v) is 11.1. The van der Waals surface area contributed by atoms with Crippen molar-refractivity contribution in [3.05, 3.63) is 58.7 Å². The van der Waals surface area contributed by atoms with E-state index in [4.69, 9.17) is 9.47 Å². The molecule has 0 radical (unpaired) electrons. The Bertz CT molecular complexity index is 974. The summed E-state index contributed by atoms with van der Waals surface area (Å²) in [5, 5.41) is 6.46. The van der Waals surface area contributed by atoms with Crippen molar-refractivity contribution in [2.75, 3.05) is 27.8 Å². The summed E-state index contributed by atoms with van der Waals surface area (Å²) in [5.41, 5.74) is 4.19. The molecule has 172 valence electrons. The lowest BCUT2D eigenvalue weighted by molar-refractivity contribution is 0.0939. The van der Waals surface area contributed by atoms with E-state index >= 15 is 0 Å². The molecule has 0 bridgehead atoms. The van der Waals surface area contributed by atoms with Gasteiger partial charge in [0, 0.05) is 38.3 Å². The maximum atomic E-state index is 12.4. The molecule has 1 unspecified atom stereocenters. The first-order valence-electron chi connectivity index (χ1n) is 11.1. The minimum Gasteiger partial charge on any atom is -0.493 e. The third-order valence-electron chi connectivity index (χ3n) is 5.86. The first kappa shape index (κ1) is 23.4. The molecule has 0 spiro atoms. The second-order valence-electron chi connectivity index (χ2n) is 8.03. The highest BCUT2D eigenvalue weighted by Gasteiger charge is 2.21. The molecule has 2 aromatic carbocycles. The lowest BCUT2D eigenvalue weighted by Crippen LogP contribution is -2.43. The number of methoxy groups -OCH3 is 2. The van der Waals surface area contributed by atoms with Gasteiger partial charge in [-0.05, 0) is 60.7 Å². The van der Waals surface area contributed by atoms with Crippen LogP contribution in [0.2, 0.25) is 0 Å². The predicted molar refractivity (Wildman–Crippen MR) is 128 cm³/mol. The number of nitrogens with one attached hydrogen (secondary N) is 2. The van der Waals surface area contributed by atoms with Gasteiger partial charge >= 0.3 is 0 Å². The number of hydrogen-bond acceptors (Lipinski definition) is 4. The third-order valence-corrected chi connectivity index (χ3v) is 5.86. The SMILES string of the molecule is CCC(C)NC(=O)c1cccc(CNC(=NC)N2CCc3cc(OC)c(OC)cc3C2)c1. The van der Waals surface area contributed by atoms with E-state index in [0.717, 1.165) is 49.0 Å². The largest absolute Gasteiger partial charge is 0.493 e. The lowest BCUT2D eigenvalue weighted by atomic mass is 9.99. The molecule has 0 saturated heterocycles. The Morgan fingerprint density at radius 3 is 2.53 bits per heavy atom. The van der Waals surface area contributed by atoms with Gasteiger partial charge in [0.25, 0.3) is 5.91 Å².